The standard InChI is InChI=1S/C16H16N2O4/c1-3-22-16(21)12-6-4-5-11(17-12)15(20)18-13-9-10(2)7-8-14(13)19/h4-9,19H,3H2,1-2H3,(H,18,20). The highest BCUT2D eigenvalue weighted by molar-refractivity contribution is 6.04. The van der Waals surface area contributed by atoms with Gasteiger partial charge in [-0.15, -0.1) is 0 Å². The lowest BCUT2D eigenvalue weighted by Crippen LogP contribution is -2.16. The number of hydrogen-bond acceptors (Lipinski definition) is 5. The largest absolute Gasteiger partial charge is 0.506 e. The van der Waals surface area contributed by atoms with E-state index in [1.807, 2.05) is 6.92 Å². The fraction of sp³-hybridized carbons (Fsp3) is 0.188. The minimum absolute atomic E-state index is 0.0412. The van der Waals surface area contributed by atoms with E-state index in [1.54, 1.807) is 25.1 Å². The first-order valence-electron chi connectivity index (χ1n) is 6.76. The summed E-state index contributed by atoms with van der Waals surface area (Å²) in [7, 11) is 0. The molecular weight excluding hydrogens is 284 g/mol. The molecule has 22 heavy (non-hydrogen) atoms. The van der Waals surface area contributed by atoms with Crippen LogP contribution in [0.1, 0.15) is 33.5 Å². The molecule has 1 aromatic carbocycles. The van der Waals surface area contributed by atoms with Crippen LogP contribution in [0.4, 0.5) is 5.69 Å². The van der Waals surface area contributed by atoms with Gasteiger partial charge in [0.15, 0.2) is 0 Å². The zero-order valence-corrected chi connectivity index (χ0v) is 12.3. The Morgan fingerprint density at radius 3 is 2.68 bits per heavy atom. The molecule has 0 atom stereocenters. The van der Waals surface area contributed by atoms with Crippen LogP contribution in [0.15, 0.2) is 36.4 Å². The SMILES string of the molecule is CCOC(=O)c1cccc(C(=O)Nc2cc(C)ccc2O)n1. The number of carbonyl (C=O) groups is 2. The fourth-order valence-corrected chi connectivity index (χ4v) is 1.82. The van der Waals surface area contributed by atoms with Gasteiger partial charge < -0.3 is 15.2 Å². The van der Waals surface area contributed by atoms with E-state index >= 15 is 0 Å². The Balaban J connectivity index is 2.21. The maximum Gasteiger partial charge on any atom is 0.356 e. The topological polar surface area (TPSA) is 88.5 Å². The number of benzene rings is 1. The summed E-state index contributed by atoms with van der Waals surface area (Å²) in [6, 6.07) is 9.36. The van der Waals surface area contributed by atoms with Gasteiger partial charge in [0.1, 0.15) is 17.1 Å². The average molecular weight is 300 g/mol. The van der Waals surface area contributed by atoms with Crippen LogP contribution < -0.4 is 5.32 Å². The van der Waals surface area contributed by atoms with E-state index < -0.39 is 11.9 Å². The molecule has 6 heteroatoms. The van der Waals surface area contributed by atoms with Gasteiger partial charge in [-0.05, 0) is 43.7 Å². The van der Waals surface area contributed by atoms with E-state index in [4.69, 9.17) is 4.74 Å². The van der Waals surface area contributed by atoms with Gasteiger partial charge in [-0.25, -0.2) is 9.78 Å². The highest BCUT2D eigenvalue weighted by Crippen LogP contribution is 2.24. The molecule has 0 spiro atoms. The summed E-state index contributed by atoms with van der Waals surface area (Å²) in [5.74, 6) is -1.15. The smallest absolute Gasteiger partial charge is 0.356 e. The number of aryl methyl sites for hydroxylation is 1. The number of ether oxygens (including phenoxy) is 1. The van der Waals surface area contributed by atoms with Crippen LogP contribution in [0.3, 0.4) is 0 Å². The number of hydrogen-bond donors (Lipinski definition) is 2. The predicted octanol–water partition coefficient (Wildman–Crippen LogP) is 2.52. The number of phenolic OH excluding ortho intramolecular Hbond substituents is 1. The zero-order chi connectivity index (χ0) is 16.1. The van der Waals surface area contributed by atoms with Gasteiger partial charge in [0.05, 0.1) is 12.3 Å². The second-order valence-electron chi connectivity index (χ2n) is 4.60. The van der Waals surface area contributed by atoms with Gasteiger partial charge in [0.2, 0.25) is 0 Å². The van der Waals surface area contributed by atoms with Crippen molar-refractivity contribution in [3.8, 4) is 5.75 Å². The molecule has 2 aromatic rings. The van der Waals surface area contributed by atoms with Gasteiger partial charge in [-0.1, -0.05) is 12.1 Å². The number of anilines is 1. The molecule has 0 fully saturated rings. The minimum atomic E-state index is -0.587. The highest BCUT2D eigenvalue weighted by atomic mass is 16.5. The Bertz CT molecular complexity index is 713. The molecule has 0 saturated carbocycles. The molecule has 0 aliphatic heterocycles. The van der Waals surface area contributed by atoms with Crippen LogP contribution in [0.5, 0.6) is 5.75 Å². The van der Waals surface area contributed by atoms with Crippen molar-refractivity contribution in [1.29, 1.82) is 0 Å². The molecule has 2 rings (SSSR count). The highest BCUT2D eigenvalue weighted by Gasteiger charge is 2.14. The number of aromatic hydroxyl groups is 1. The van der Waals surface area contributed by atoms with Crippen molar-refractivity contribution >= 4 is 17.6 Å². The Hall–Kier alpha value is -2.89. The maximum absolute atomic E-state index is 12.2. The van der Waals surface area contributed by atoms with Gasteiger partial charge >= 0.3 is 5.97 Å². The third-order valence-corrected chi connectivity index (χ3v) is 2.87. The van der Waals surface area contributed by atoms with Crippen molar-refractivity contribution in [3.63, 3.8) is 0 Å². The number of aromatic nitrogens is 1. The number of nitrogens with zero attached hydrogens (tertiary/aromatic N) is 1. The van der Waals surface area contributed by atoms with Crippen LogP contribution in [-0.2, 0) is 4.74 Å². The van der Waals surface area contributed by atoms with E-state index in [0.29, 0.717) is 0 Å². The molecule has 0 saturated heterocycles. The molecule has 0 bridgehead atoms. The van der Waals surface area contributed by atoms with E-state index in [9.17, 15) is 14.7 Å². The first-order chi connectivity index (χ1) is 10.5. The first-order valence-corrected chi connectivity index (χ1v) is 6.76. The predicted molar refractivity (Wildman–Crippen MR) is 81.0 cm³/mol. The lowest BCUT2D eigenvalue weighted by Gasteiger charge is -2.08. The van der Waals surface area contributed by atoms with E-state index in [-0.39, 0.29) is 29.4 Å². The number of pyridine rings is 1. The lowest BCUT2D eigenvalue weighted by atomic mass is 10.2. The van der Waals surface area contributed by atoms with Gasteiger partial charge in [0.25, 0.3) is 5.91 Å². The summed E-state index contributed by atoms with van der Waals surface area (Å²) in [6.07, 6.45) is 0. The van der Waals surface area contributed by atoms with Crippen LogP contribution in [0, 0.1) is 6.92 Å². The molecule has 114 valence electrons. The zero-order valence-electron chi connectivity index (χ0n) is 12.3. The summed E-state index contributed by atoms with van der Waals surface area (Å²) in [5, 5.41) is 12.3. The third-order valence-electron chi connectivity index (χ3n) is 2.87. The Morgan fingerprint density at radius 1 is 1.23 bits per heavy atom. The van der Waals surface area contributed by atoms with E-state index in [0.717, 1.165) is 5.56 Å². The van der Waals surface area contributed by atoms with Crippen molar-refractivity contribution in [2.75, 3.05) is 11.9 Å². The van der Waals surface area contributed by atoms with Gasteiger partial charge in [-0.2, -0.15) is 0 Å². The van der Waals surface area contributed by atoms with Crippen LogP contribution in [0.25, 0.3) is 0 Å². The molecule has 0 radical (unpaired) electrons. The summed E-state index contributed by atoms with van der Waals surface area (Å²) < 4.78 is 4.84. The molecule has 1 heterocycles. The van der Waals surface area contributed by atoms with Crippen LogP contribution >= 0.6 is 0 Å². The molecule has 0 unspecified atom stereocenters. The summed E-state index contributed by atoms with van der Waals surface area (Å²) >= 11 is 0. The van der Waals surface area contributed by atoms with E-state index in [1.165, 1.54) is 18.2 Å². The number of nitrogens with one attached hydrogen (secondary N) is 1. The second-order valence-corrected chi connectivity index (χ2v) is 4.60. The Kier molecular flexibility index (Phi) is 4.73. The molecule has 1 amide bonds. The lowest BCUT2D eigenvalue weighted by molar-refractivity contribution is 0.0519. The quantitative estimate of drug-likeness (QED) is 0.669. The van der Waals surface area contributed by atoms with Crippen LogP contribution in [0.2, 0.25) is 0 Å². The Morgan fingerprint density at radius 2 is 1.95 bits per heavy atom. The van der Waals surface area contributed by atoms with Crippen molar-refractivity contribution in [1.82, 2.24) is 4.98 Å². The molecule has 0 aliphatic rings. The summed E-state index contributed by atoms with van der Waals surface area (Å²) in [4.78, 5) is 27.8. The monoisotopic (exact) mass is 300 g/mol. The van der Waals surface area contributed by atoms with Crippen molar-refractivity contribution in [2.45, 2.75) is 13.8 Å². The summed E-state index contributed by atoms with van der Waals surface area (Å²) in [5.41, 5.74) is 1.30. The average Bonchev–Trinajstić information content (AvgIpc) is 2.51. The summed E-state index contributed by atoms with van der Waals surface area (Å²) in [6.45, 7) is 3.76. The van der Waals surface area contributed by atoms with Gasteiger partial charge in [0, 0.05) is 0 Å². The maximum atomic E-state index is 12.2. The number of rotatable bonds is 4. The van der Waals surface area contributed by atoms with Crippen molar-refractivity contribution < 1.29 is 19.4 Å². The minimum Gasteiger partial charge on any atom is -0.506 e. The number of carbonyl (C=O) groups excluding carboxylic acids is 2. The number of amides is 1. The van der Waals surface area contributed by atoms with Crippen molar-refractivity contribution in [3.05, 3.63) is 53.3 Å². The first kappa shape index (κ1) is 15.5. The van der Waals surface area contributed by atoms with Crippen molar-refractivity contribution in [2.24, 2.45) is 0 Å². The second kappa shape index (κ2) is 6.71. The molecular formula is C16H16N2O4. The molecule has 2 N–H and O–H groups in total. The number of phenols is 1. The third kappa shape index (κ3) is 3.60. The van der Waals surface area contributed by atoms with E-state index in [2.05, 4.69) is 10.3 Å². The van der Waals surface area contributed by atoms with Gasteiger partial charge in [-0.3, -0.25) is 4.79 Å². The normalized spacial score (nSPS) is 10.1. The fourth-order valence-electron chi connectivity index (χ4n) is 1.82. The Labute approximate surface area is 127 Å². The molecule has 1 aromatic heterocycles. The molecule has 6 nitrogen and oxygen atoms in total. The molecule has 0 aliphatic carbocycles. The number of esters is 1. The van der Waals surface area contributed by atoms with Crippen LogP contribution in [-0.4, -0.2) is 28.6 Å².